The molecule has 0 saturated carbocycles. The van der Waals surface area contributed by atoms with Gasteiger partial charge in [-0.1, -0.05) is 42.5 Å². The molecule has 1 atom stereocenters. The number of benzene rings is 2. The predicted octanol–water partition coefficient (Wildman–Crippen LogP) is 3.59. The minimum atomic E-state index is -1.02. The van der Waals surface area contributed by atoms with Gasteiger partial charge in [-0.25, -0.2) is 4.98 Å². The SMILES string of the molecule is Cc1cnc(C[S@@](=O)Cc2cccc3ccccc23)o1. The molecule has 102 valence electrons. The zero-order valence-electron chi connectivity index (χ0n) is 11.2. The molecule has 1 aromatic heterocycles. The number of oxazole rings is 1. The van der Waals surface area contributed by atoms with Crippen LogP contribution >= 0.6 is 0 Å². The molecule has 3 nitrogen and oxygen atoms in total. The van der Waals surface area contributed by atoms with Crippen LogP contribution in [0.25, 0.3) is 10.8 Å². The fourth-order valence-electron chi connectivity index (χ4n) is 2.25. The molecule has 0 N–H and O–H groups in total. The van der Waals surface area contributed by atoms with Crippen molar-refractivity contribution in [1.29, 1.82) is 0 Å². The summed E-state index contributed by atoms with van der Waals surface area (Å²) in [5.74, 6) is 2.17. The van der Waals surface area contributed by atoms with Gasteiger partial charge in [0.15, 0.2) is 0 Å². The number of hydrogen-bond donors (Lipinski definition) is 0. The van der Waals surface area contributed by atoms with Gasteiger partial charge in [0, 0.05) is 16.6 Å². The van der Waals surface area contributed by atoms with Crippen LogP contribution in [0.1, 0.15) is 17.2 Å². The van der Waals surface area contributed by atoms with E-state index in [0.717, 1.165) is 16.7 Å². The first-order valence-electron chi connectivity index (χ1n) is 6.45. The number of aromatic nitrogens is 1. The Hall–Kier alpha value is -1.94. The molecular weight excluding hydrogens is 270 g/mol. The second-order valence-electron chi connectivity index (χ2n) is 4.73. The highest BCUT2D eigenvalue weighted by molar-refractivity contribution is 7.83. The van der Waals surface area contributed by atoms with Gasteiger partial charge < -0.3 is 4.42 Å². The minimum Gasteiger partial charge on any atom is -0.445 e. The lowest BCUT2D eigenvalue weighted by Crippen LogP contribution is -2.00. The Balaban J connectivity index is 1.81. The van der Waals surface area contributed by atoms with E-state index in [4.69, 9.17) is 4.42 Å². The molecule has 0 radical (unpaired) electrons. The van der Waals surface area contributed by atoms with Crippen molar-refractivity contribution in [2.24, 2.45) is 0 Å². The van der Waals surface area contributed by atoms with Crippen LogP contribution in [-0.2, 0) is 22.3 Å². The van der Waals surface area contributed by atoms with E-state index >= 15 is 0 Å². The summed E-state index contributed by atoms with van der Waals surface area (Å²) >= 11 is 0. The van der Waals surface area contributed by atoms with Crippen molar-refractivity contribution >= 4 is 21.6 Å². The summed E-state index contributed by atoms with van der Waals surface area (Å²) in [6, 6.07) is 14.3. The number of rotatable bonds is 4. The third-order valence-electron chi connectivity index (χ3n) is 3.15. The molecule has 0 aliphatic carbocycles. The van der Waals surface area contributed by atoms with Crippen LogP contribution in [0.4, 0.5) is 0 Å². The van der Waals surface area contributed by atoms with E-state index in [2.05, 4.69) is 23.2 Å². The van der Waals surface area contributed by atoms with E-state index in [1.165, 1.54) is 5.39 Å². The monoisotopic (exact) mass is 285 g/mol. The Kier molecular flexibility index (Phi) is 3.65. The molecule has 0 spiro atoms. The van der Waals surface area contributed by atoms with E-state index in [0.29, 0.717) is 17.4 Å². The lowest BCUT2D eigenvalue weighted by molar-refractivity contribution is 0.488. The summed E-state index contributed by atoms with van der Waals surface area (Å²) in [4.78, 5) is 4.10. The van der Waals surface area contributed by atoms with E-state index in [1.807, 2.05) is 31.2 Å². The van der Waals surface area contributed by atoms with E-state index in [9.17, 15) is 4.21 Å². The molecule has 2 aromatic carbocycles. The summed E-state index contributed by atoms with van der Waals surface area (Å²) in [6.07, 6.45) is 1.66. The van der Waals surface area contributed by atoms with Gasteiger partial charge in [-0.3, -0.25) is 4.21 Å². The zero-order chi connectivity index (χ0) is 13.9. The number of nitrogens with zero attached hydrogens (tertiary/aromatic N) is 1. The first kappa shape index (κ1) is 13.1. The van der Waals surface area contributed by atoms with Crippen LogP contribution in [0, 0.1) is 6.92 Å². The van der Waals surface area contributed by atoms with Crippen LogP contribution in [0.3, 0.4) is 0 Å². The quantitative estimate of drug-likeness (QED) is 0.736. The molecule has 0 aliphatic heterocycles. The second kappa shape index (κ2) is 5.59. The first-order valence-corrected chi connectivity index (χ1v) is 7.94. The van der Waals surface area contributed by atoms with E-state index < -0.39 is 10.8 Å². The number of aryl methyl sites for hydroxylation is 1. The minimum absolute atomic E-state index is 0.358. The molecule has 1 heterocycles. The molecule has 0 unspecified atom stereocenters. The highest BCUT2D eigenvalue weighted by Gasteiger charge is 2.09. The summed E-state index contributed by atoms with van der Waals surface area (Å²) in [7, 11) is -1.02. The van der Waals surface area contributed by atoms with Gasteiger partial charge in [0.25, 0.3) is 0 Å². The Morgan fingerprint density at radius 2 is 1.90 bits per heavy atom. The van der Waals surface area contributed by atoms with Crippen molar-refractivity contribution in [2.75, 3.05) is 0 Å². The van der Waals surface area contributed by atoms with Crippen molar-refractivity contribution in [3.05, 3.63) is 65.9 Å². The topological polar surface area (TPSA) is 43.1 Å². The maximum atomic E-state index is 12.2. The molecule has 0 fully saturated rings. The molecular formula is C16H15NO2S. The largest absolute Gasteiger partial charge is 0.445 e. The normalized spacial score (nSPS) is 12.7. The average Bonchev–Trinajstić information content (AvgIpc) is 2.84. The summed E-state index contributed by atoms with van der Waals surface area (Å²) in [6.45, 7) is 1.84. The summed E-state index contributed by atoms with van der Waals surface area (Å²) in [5.41, 5.74) is 1.10. The Morgan fingerprint density at radius 1 is 1.10 bits per heavy atom. The van der Waals surface area contributed by atoms with Crippen LogP contribution in [0.5, 0.6) is 0 Å². The highest BCUT2D eigenvalue weighted by atomic mass is 32.2. The van der Waals surface area contributed by atoms with Gasteiger partial charge in [0.1, 0.15) is 11.5 Å². The molecule has 3 aromatic rings. The van der Waals surface area contributed by atoms with Crippen LogP contribution in [0.2, 0.25) is 0 Å². The first-order chi connectivity index (χ1) is 9.72. The maximum absolute atomic E-state index is 12.2. The summed E-state index contributed by atoms with van der Waals surface area (Å²) in [5, 5.41) is 2.33. The van der Waals surface area contributed by atoms with Crippen LogP contribution < -0.4 is 0 Å². The van der Waals surface area contributed by atoms with E-state index in [-0.39, 0.29) is 0 Å². The average molecular weight is 285 g/mol. The van der Waals surface area contributed by atoms with Crippen molar-refractivity contribution < 1.29 is 8.63 Å². The van der Waals surface area contributed by atoms with Crippen LogP contribution in [0.15, 0.2) is 53.1 Å². The molecule has 0 amide bonds. The summed E-state index contributed by atoms with van der Waals surface area (Å²) < 4.78 is 17.6. The molecule has 0 bridgehead atoms. The van der Waals surface area contributed by atoms with E-state index in [1.54, 1.807) is 6.20 Å². The lowest BCUT2D eigenvalue weighted by atomic mass is 10.1. The second-order valence-corrected chi connectivity index (χ2v) is 6.19. The van der Waals surface area contributed by atoms with Gasteiger partial charge in [0.05, 0.1) is 6.20 Å². The predicted molar refractivity (Wildman–Crippen MR) is 80.7 cm³/mol. The van der Waals surface area contributed by atoms with Gasteiger partial charge in [0.2, 0.25) is 5.89 Å². The van der Waals surface area contributed by atoms with Gasteiger partial charge in [-0.15, -0.1) is 0 Å². The van der Waals surface area contributed by atoms with Crippen molar-refractivity contribution in [3.8, 4) is 0 Å². The van der Waals surface area contributed by atoms with Crippen molar-refractivity contribution in [1.82, 2.24) is 4.98 Å². The standard InChI is InChI=1S/C16H15NO2S/c1-12-9-17-16(19-12)11-20(18)10-14-7-4-6-13-5-2-3-8-15(13)14/h2-9H,10-11H2,1H3/t20-/m0/s1. The lowest BCUT2D eigenvalue weighted by Gasteiger charge is -2.05. The van der Waals surface area contributed by atoms with Crippen molar-refractivity contribution in [3.63, 3.8) is 0 Å². The molecule has 0 aliphatic rings. The highest BCUT2D eigenvalue weighted by Crippen LogP contribution is 2.20. The smallest absolute Gasteiger partial charge is 0.206 e. The van der Waals surface area contributed by atoms with Gasteiger partial charge in [-0.05, 0) is 23.3 Å². The number of hydrogen-bond acceptors (Lipinski definition) is 3. The maximum Gasteiger partial charge on any atom is 0.206 e. The van der Waals surface area contributed by atoms with Crippen molar-refractivity contribution in [2.45, 2.75) is 18.4 Å². The molecule has 4 heteroatoms. The molecule has 0 saturated heterocycles. The fourth-order valence-corrected chi connectivity index (χ4v) is 3.36. The molecule has 20 heavy (non-hydrogen) atoms. The van der Waals surface area contributed by atoms with Crippen LogP contribution in [-0.4, -0.2) is 9.19 Å². The molecule has 3 rings (SSSR count). The van der Waals surface area contributed by atoms with Gasteiger partial charge >= 0.3 is 0 Å². The Morgan fingerprint density at radius 3 is 2.70 bits per heavy atom. The zero-order valence-corrected chi connectivity index (χ0v) is 12.0. The fraction of sp³-hybridized carbons (Fsp3) is 0.188. The van der Waals surface area contributed by atoms with Gasteiger partial charge in [-0.2, -0.15) is 0 Å². The third kappa shape index (κ3) is 2.80. The third-order valence-corrected chi connectivity index (χ3v) is 4.35. The number of fused-ring (bicyclic) bond motifs is 1. The Bertz CT molecular complexity index is 759. The Labute approximate surface area is 120 Å².